The van der Waals surface area contributed by atoms with Gasteiger partial charge in [0, 0.05) is 22.3 Å². The number of fused-ring (bicyclic) bond motifs is 2. The Morgan fingerprint density at radius 3 is 1.31 bits per heavy atom. The fourth-order valence-corrected chi connectivity index (χ4v) is 5.27. The number of esters is 2. The van der Waals surface area contributed by atoms with Crippen molar-refractivity contribution in [3.8, 4) is 28.7 Å². The van der Waals surface area contributed by atoms with Gasteiger partial charge in [-0.15, -0.1) is 0 Å². The first-order valence-corrected chi connectivity index (χ1v) is 21.2. The number of carbonyl (C=O) groups is 4. The van der Waals surface area contributed by atoms with Crippen molar-refractivity contribution in [3.05, 3.63) is 168 Å². The molecule has 2 heterocycles. The van der Waals surface area contributed by atoms with Gasteiger partial charge in [0.15, 0.2) is 16.9 Å². The number of ether oxygens (including phenoxy) is 2. The molecule has 0 saturated heterocycles. The Labute approximate surface area is 444 Å². The first kappa shape index (κ1) is 61.9. The molecule has 8 rings (SSSR count). The average molecular weight is 978 g/mol. The molecule has 0 aliphatic rings. The van der Waals surface area contributed by atoms with E-state index in [9.17, 15) is 19.2 Å². The molecule has 356 valence electrons. The van der Waals surface area contributed by atoms with E-state index in [1.807, 2.05) is 108 Å². The number of rotatable bonds is 7. The Morgan fingerprint density at radius 2 is 0.941 bits per heavy atom. The minimum absolute atomic E-state index is 0. The van der Waals surface area contributed by atoms with Crippen molar-refractivity contribution in [2.45, 2.75) is 41.5 Å². The molecule has 2 aromatic heterocycles. The van der Waals surface area contributed by atoms with Gasteiger partial charge < -0.3 is 40.9 Å². The van der Waals surface area contributed by atoms with Crippen LogP contribution in [0.4, 0.5) is 5.69 Å². The standard InChI is InChI=1S/2C15H11NO3.C8H9NO3.C7H5ClO.3C2H6.K.H3NO.H/c1-18-15(17)11-7-8-13-12(9-11)16-14(19-13)10-5-3-2-4-6-10;17-9-13(18)11-6-7-14-12(8-11)16-15(19-14)10-4-2-1-3-5-10;1-12-8(11)5-2-3-7(10)6(9)4-5;8-7(9)6-4-2-1-3-5-6;3*1-2;;1-2;/h2-9H,1H3;1-8,17H,9H2;2-4,10H,9H2,1H3;1-5H;3*1-2H3;;2H,1H2;/q;;;;;;;+1;;-1. The van der Waals surface area contributed by atoms with Gasteiger partial charge in [-0.2, -0.15) is 0 Å². The number of nitrogens with two attached hydrogens (primary N) is 2. The van der Waals surface area contributed by atoms with E-state index in [0.717, 1.165) is 11.1 Å². The van der Waals surface area contributed by atoms with Crippen molar-refractivity contribution >= 4 is 62.5 Å². The fourth-order valence-electron chi connectivity index (χ4n) is 5.14. The van der Waals surface area contributed by atoms with Crippen molar-refractivity contribution in [2.75, 3.05) is 26.6 Å². The van der Waals surface area contributed by atoms with Crippen LogP contribution in [0.1, 0.15) is 84.4 Å². The summed E-state index contributed by atoms with van der Waals surface area (Å²) in [5.41, 5.74) is 11.6. The first-order chi connectivity index (χ1) is 32.5. The summed E-state index contributed by atoms with van der Waals surface area (Å²) in [6.45, 7) is 11.5. The van der Waals surface area contributed by atoms with E-state index >= 15 is 0 Å². The van der Waals surface area contributed by atoms with Crippen molar-refractivity contribution in [3.63, 3.8) is 0 Å². The van der Waals surface area contributed by atoms with E-state index in [4.69, 9.17) is 41.6 Å². The Kier molecular flexibility index (Phi) is 32.0. The molecule has 0 fully saturated rings. The summed E-state index contributed by atoms with van der Waals surface area (Å²) in [5.74, 6) is 3.34. The molecule has 0 unspecified atom stereocenters. The number of phenolic OH excluding ortho intramolecular Hbond substituents is 1. The molecule has 0 spiro atoms. The molecule has 6 aromatic carbocycles. The predicted molar refractivity (Wildman–Crippen MR) is 263 cm³/mol. The van der Waals surface area contributed by atoms with E-state index in [2.05, 4.69) is 25.3 Å². The zero-order chi connectivity index (χ0) is 50.3. The van der Waals surface area contributed by atoms with Gasteiger partial charge in [-0.25, -0.2) is 25.5 Å². The summed E-state index contributed by atoms with van der Waals surface area (Å²) < 4.78 is 20.4. The van der Waals surface area contributed by atoms with Gasteiger partial charge in [0.1, 0.15) is 23.4 Å². The molecule has 17 heteroatoms. The van der Waals surface area contributed by atoms with Crippen molar-refractivity contribution < 1.29 is 106 Å². The van der Waals surface area contributed by atoms with E-state index < -0.39 is 17.8 Å². The number of oxazole rings is 2. The Bertz CT molecular complexity index is 2580. The van der Waals surface area contributed by atoms with Crippen LogP contribution in [0.25, 0.3) is 45.1 Å². The summed E-state index contributed by atoms with van der Waals surface area (Å²) in [5, 5.41) is 24.0. The van der Waals surface area contributed by atoms with Gasteiger partial charge in [0.25, 0.3) is 5.24 Å². The predicted octanol–water partition coefficient (Wildman–Crippen LogP) is 8.31. The second-order valence-corrected chi connectivity index (χ2v) is 12.5. The molecule has 0 atom stereocenters. The number of nitrogen functional groups attached to an aromatic ring is 1. The minimum atomic E-state index is -0.505. The van der Waals surface area contributed by atoms with Crippen LogP contribution in [0.3, 0.4) is 0 Å². The topological polar surface area (TPSA) is 252 Å². The van der Waals surface area contributed by atoms with Crippen molar-refractivity contribution in [2.24, 2.45) is 5.90 Å². The summed E-state index contributed by atoms with van der Waals surface area (Å²) >= 11 is 5.16. The maximum Gasteiger partial charge on any atom is 1.00 e. The van der Waals surface area contributed by atoms with Crippen LogP contribution in [0, 0.1) is 0 Å². The normalized spacial score (nSPS) is 9.18. The SMILES string of the molecule is CC.CC.CC.COC(=O)c1ccc(O)c(N)c1.COC(=O)c1ccc2oc(-c3ccccc3)nc2c1.NO.O=C(CO)c1ccc2oc(-c3ccccc3)nc2c1.O=C(Cl)c1ccccc1.[H-].[K+]. The number of nitrogens with zero attached hydrogens (tertiary/aromatic N) is 2. The summed E-state index contributed by atoms with van der Waals surface area (Å²) in [7, 11) is 2.64. The number of aromatic nitrogens is 2. The molecule has 0 radical (unpaired) electrons. The summed E-state index contributed by atoms with van der Waals surface area (Å²) in [4.78, 5) is 53.0. The number of benzene rings is 6. The number of aliphatic hydroxyl groups is 1. The Hall–Kier alpha value is -6.05. The maximum absolute atomic E-state index is 11.5. The summed E-state index contributed by atoms with van der Waals surface area (Å²) in [6.07, 6.45) is 0. The molecule has 0 aliphatic carbocycles. The Morgan fingerprint density at radius 1 is 0.574 bits per heavy atom. The third-order valence-corrected chi connectivity index (χ3v) is 8.37. The maximum atomic E-state index is 11.5. The van der Waals surface area contributed by atoms with Crippen LogP contribution in [-0.4, -0.2) is 69.2 Å². The average Bonchev–Trinajstić information content (AvgIpc) is 4.05. The first-order valence-electron chi connectivity index (χ1n) is 20.8. The number of hydrogen-bond acceptors (Lipinski definition) is 15. The molecular formula is C51H58ClKN4O11. The monoisotopic (exact) mass is 976 g/mol. The van der Waals surface area contributed by atoms with Gasteiger partial charge >= 0.3 is 63.3 Å². The second-order valence-electron chi connectivity index (χ2n) is 12.1. The van der Waals surface area contributed by atoms with Crippen molar-refractivity contribution in [1.29, 1.82) is 0 Å². The largest absolute Gasteiger partial charge is 1.00 e. The number of Topliss-reactive ketones (excluding diaryl/α,β-unsaturated/α-hetero) is 1. The number of carbonyl (C=O) groups excluding carboxylic acids is 4. The van der Waals surface area contributed by atoms with E-state index in [0.29, 0.717) is 56.2 Å². The minimum Gasteiger partial charge on any atom is -1.00 e. The van der Waals surface area contributed by atoms with E-state index in [1.165, 1.54) is 32.4 Å². The number of aromatic hydroxyl groups is 1. The van der Waals surface area contributed by atoms with Gasteiger partial charge in [0.2, 0.25) is 11.8 Å². The number of aliphatic hydroxyl groups excluding tert-OH is 1. The zero-order valence-electron chi connectivity index (χ0n) is 40.6. The van der Waals surface area contributed by atoms with Gasteiger partial charge in [-0.3, -0.25) is 9.59 Å². The van der Waals surface area contributed by atoms with Crippen LogP contribution < -0.4 is 63.0 Å². The molecule has 68 heavy (non-hydrogen) atoms. The van der Waals surface area contributed by atoms with Crippen LogP contribution in [0.15, 0.2) is 154 Å². The molecule has 0 saturated carbocycles. The molecular weight excluding hydrogens is 919 g/mol. The van der Waals surface area contributed by atoms with E-state index in [-0.39, 0.29) is 76.0 Å². The van der Waals surface area contributed by atoms with Crippen molar-refractivity contribution in [1.82, 2.24) is 9.97 Å². The van der Waals surface area contributed by atoms with Crippen LogP contribution in [0.2, 0.25) is 0 Å². The number of methoxy groups -OCH3 is 2. The Balaban J connectivity index is 0. The van der Waals surface area contributed by atoms with Crippen LogP contribution in [-0.2, 0) is 9.47 Å². The van der Waals surface area contributed by atoms with Gasteiger partial charge in [-0.1, -0.05) is 108 Å². The summed E-state index contributed by atoms with van der Waals surface area (Å²) in [6, 6.07) is 42.1. The fraction of sp³-hybridized carbons (Fsp3) is 0.176. The smallest absolute Gasteiger partial charge is 1.00 e. The number of halogens is 1. The van der Waals surface area contributed by atoms with E-state index in [1.54, 1.807) is 60.7 Å². The number of ketones is 1. The number of anilines is 1. The number of phenols is 1. The van der Waals surface area contributed by atoms with Crippen LogP contribution in [0.5, 0.6) is 5.75 Å². The molecule has 0 bridgehead atoms. The molecule has 8 aromatic rings. The molecule has 7 N–H and O–H groups in total. The van der Waals surface area contributed by atoms with Gasteiger partial charge in [0.05, 0.1) is 31.0 Å². The quantitative estimate of drug-likeness (QED) is 0.0192. The van der Waals surface area contributed by atoms with Crippen LogP contribution >= 0.6 is 11.6 Å². The molecule has 0 aliphatic heterocycles. The zero-order valence-corrected chi connectivity index (χ0v) is 43.5. The molecule has 15 nitrogen and oxygen atoms in total. The number of hydrogen-bond donors (Lipinski definition) is 5. The molecule has 0 amide bonds. The second kappa shape index (κ2) is 35.1. The third kappa shape index (κ3) is 19.7. The van der Waals surface area contributed by atoms with Gasteiger partial charge in [-0.05, 0) is 90.5 Å². The third-order valence-electron chi connectivity index (χ3n) is 8.15.